The molecule has 1 aromatic rings. The lowest BCUT2D eigenvalue weighted by Crippen LogP contribution is -2.40. The van der Waals surface area contributed by atoms with E-state index in [9.17, 15) is 4.79 Å². The van der Waals surface area contributed by atoms with Gasteiger partial charge in [0, 0.05) is 32.0 Å². The highest BCUT2D eigenvalue weighted by molar-refractivity contribution is 5.81. The molecular weight excluding hydrogens is 246 g/mol. The molecule has 0 radical (unpaired) electrons. The van der Waals surface area contributed by atoms with Gasteiger partial charge in [0.25, 0.3) is 5.89 Å². The summed E-state index contributed by atoms with van der Waals surface area (Å²) in [6, 6.07) is 0. The number of rotatable bonds is 4. The van der Waals surface area contributed by atoms with Crippen molar-refractivity contribution < 1.29 is 14.1 Å². The maximum absolute atomic E-state index is 12.1. The molecule has 19 heavy (non-hydrogen) atoms. The first-order valence-corrected chi connectivity index (χ1v) is 6.88. The Kier molecular flexibility index (Phi) is 3.50. The van der Waals surface area contributed by atoms with Crippen molar-refractivity contribution >= 4 is 5.91 Å². The number of likely N-dealkylation sites (tertiary alicyclic amines) is 1. The zero-order valence-corrected chi connectivity index (χ0v) is 11.2. The third-order valence-corrected chi connectivity index (χ3v) is 3.78. The molecule has 0 N–H and O–H groups in total. The summed E-state index contributed by atoms with van der Waals surface area (Å²) in [6.45, 7) is 1.93. The Morgan fingerprint density at radius 1 is 1.47 bits per heavy atom. The summed E-state index contributed by atoms with van der Waals surface area (Å²) in [6.07, 6.45) is 4.14. The smallest absolute Gasteiger partial charge is 0.252 e. The van der Waals surface area contributed by atoms with E-state index < -0.39 is 0 Å². The second kappa shape index (κ2) is 5.28. The maximum atomic E-state index is 12.1. The number of piperidine rings is 1. The molecule has 3 rings (SSSR count). The minimum absolute atomic E-state index is 0.200. The van der Waals surface area contributed by atoms with Crippen LogP contribution >= 0.6 is 0 Å². The van der Waals surface area contributed by atoms with Crippen LogP contribution in [0.5, 0.6) is 0 Å². The molecule has 0 bridgehead atoms. The molecule has 104 valence electrons. The van der Waals surface area contributed by atoms with Gasteiger partial charge in [0.05, 0.1) is 0 Å². The van der Waals surface area contributed by atoms with Crippen LogP contribution in [0.25, 0.3) is 0 Å². The summed E-state index contributed by atoms with van der Waals surface area (Å²) in [5, 5.41) is 4.01. The van der Waals surface area contributed by atoms with Gasteiger partial charge in [0.2, 0.25) is 5.91 Å². The third-order valence-electron chi connectivity index (χ3n) is 3.78. The molecule has 1 saturated carbocycles. The van der Waals surface area contributed by atoms with Crippen LogP contribution in [0.15, 0.2) is 4.52 Å². The Hall–Kier alpha value is -1.43. The lowest BCUT2D eigenvalue weighted by Gasteiger charge is -2.31. The Morgan fingerprint density at radius 2 is 2.32 bits per heavy atom. The number of methoxy groups -OCH3 is 1. The van der Waals surface area contributed by atoms with Crippen LogP contribution in [-0.4, -0.2) is 41.1 Å². The van der Waals surface area contributed by atoms with Crippen LogP contribution in [0.1, 0.15) is 43.3 Å². The standard InChI is InChI=1S/C13H19N3O3/c1-18-8-11-14-12(15-19-11)10-3-2-6-16(7-10)13(17)9-4-5-9/h9-10H,2-8H2,1H3. The van der Waals surface area contributed by atoms with Gasteiger partial charge in [-0.1, -0.05) is 5.16 Å². The molecule has 6 nitrogen and oxygen atoms in total. The Labute approximate surface area is 112 Å². The molecule has 2 fully saturated rings. The molecular formula is C13H19N3O3. The van der Waals surface area contributed by atoms with E-state index in [2.05, 4.69) is 10.1 Å². The van der Waals surface area contributed by atoms with Crippen LogP contribution < -0.4 is 0 Å². The molecule has 1 aliphatic carbocycles. The van der Waals surface area contributed by atoms with Crippen molar-refractivity contribution in [2.75, 3.05) is 20.2 Å². The zero-order valence-electron chi connectivity index (χ0n) is 11.2. The Bertz CT molecular complexity index is 456. The number of carbonyl (C=O) groups is 1. The molecule has 2 heterocycles. The first kappa shape index (κ1) is 12.6. The van der Waals surface area contributed by atoms with E-state index >= 15 is 0 Å². The van der Waals surface area contributed by atoms with Crippen molar-refractivity contribution in [1.29, 1.82) is 0 Å². The van der Waals surface area contributed by atoms with Gasteiger partial charge in [-0.15, -0.1) is 0 Å². The van der Waals surface area contributed by atoms with Gasteiger partial charge in [-0.25, -0.2) is 0 Å². The van der Waals surface area contributed by atoms with E-state index in [4.69, 9.17) is 9.26 Å². The molecule has 1 atom stereocenters. The predicted molar refractivity (Wildman–Crippen MR) is 66.3 cm³/mol. The highest BCUT2D eigenvalue weighted by Gasteiger charge is 2.36. The molecule has 1 amide bonds. The SMILES string of the molecule is COCc1nc(C2CCCN(C(=O)C3CC3)C2)no1. The first-order valence-electron chi connectivity index (χ1n) is 6.88. The minimum Gasteiger partial charge on any atom is -0.375 e. The lowest BCUT2D eigenvalue weighted by molar-refractivity contribution is -0.133. The van der Waals surface area contributed by atoms with Gasteiger partial charge in [-0.05, 0) is 25.7 Å². The molecule has 2 aliphatic rings. The Balaban J connectivity index is 1.64. The third kappa shape index (κ3) is 2.78. The predicted octanol–water partition coefficient (Wildman–Crippen LogP) is 1.33. The maximum Gasteiger partial charge on any atom is 0.252 e. The second-order valence-corrected chi connectivity index (χ2v) is 5.38. The lowest BCUT2D eigenvalue weighted by atomic mass is 9.97. The van der Waals surface area contributed by atoms with E-state index in [0.29, 0.717) is 24.2 Å². The summed E-state index contributed by atoms with van der Waals surface area (Å²) in [5.41, 5.74) is 0. The van der Waals surface area contributed by atoms with Gasteiger partial charge in [-0.2, -0.15) is 4.98 Å². The van der Waals surface area contributed by atoms with Gasteiger partial charge in [0.1, 0.15) is 6.61 Å². The molecule has 1 aliphatic heterocycles. The first-order chi connectivity index (χ1) is 9.28. The van der Waals surface area contributed by atoms with Gasteiger partial charge < -0.3 is 14.2 Å². The van der Waals surface area contributed by atoms with Crippen molar-refractivity contribution in [3.8, 4) is 0 Å². The summed E-state index contributed by atoms with van der Waals surface area (Å²) < 4.78 is 10.1. The van der Waals surface area contributed by atoms with Gasteiger partial charge in [-0.3, -0.25) is 4.79 Å². The zero-order chi connectivity index (χ0) is 13.2. The van der Waals surface area contributed by atoms with Gasteiger partial charge >= 0.3 is 0 Å². The average Bonchev–Trinajstić information content (AvgIpc) is 3.18. The molecule has 0 spiro atoms. The number of carbonyl (C=O) groups excluding carboxylic acids is 1. The van der Waals surface area contributed by atoms with Crippen molar-refractivity contribution in [2.24, 2.45) is 5.92 Å². The highest BCUT2D eigenvalue weighted by Crippen LogP contribution is 2.33. The number of ether oxygens (including phenoxy) is 1. The van der Waals surface area contributed by atoms with Crippen molar-refractivity contribution in [1.82, 2.24) is 15.0 Å². The van der Waals surface area contributed by atoms with Crippen LogP contribution in [0, 0.1) is 5.92 Å². The quantitative estimate of drug-likeness (QED) is 0.821. The highest BCUT2D eigenvalue weighted by atomic mass is 16.5. The summed E-state index contributed by atoms with van der Waals surface area (Å²) >= 11 is 0. The number of aromatic nitrogens is 2. The van der Waals surface area contributed by atoms with E-state index in [1.165, 1.54) is 0 Å². The fourth-order valence-electron chi connectivity index (χ4n) is 2.59. The van der Waals surface area contributed by atoms with E-state index in [-0.39, 0.29) is 11.8 Å². The molecule has 1 unspecified atom stereocenters. The number of hydrogen-bond donors (Lipinski definition) is 0. The molecule has 1 aromatic heterocycles. The van der Waals surface area contributed by atoms with E-state index in [1.807, 2.05) is 4.90 Å². The van der Waals surface area contributed by atoms with Crippen molar-refractivity contribution in [3.63, 3.8) is 0 Å². The van der Waals surface area contributed by atoms with Crippen LogP contribution in [-0.2, 0) is 16.1 Å². The number of hydrogen-bond acceptors (Lipinski definition) is 5. The Morgan fingerprint density at radius 3 is 3.05 bits per heavy atom. The molecule has 0 aromatic carbocycles. The fourth-order valence-corrected chi connectivity index (χ4v) is 2.59. The monoisotopic (exact) mass is 265 g/mol. The summed E-state index contributed by atoms with van der Waals surface area (Å²) in [5.74, 6) is 2.01. The summed E-state index contributed by atoms with van der Waals surface area (Å²) in [4.78, 5) is 18.4. The largest absolute Gasteiger partial charge is 0.375 e. The van der Waals surface area contributed by atoms with Gasteiger partial charge in [0.15, 0.2) is 5.82 Å². The molecule has 1 saturated heterocycles. The van der Waals surface area contributed by atoms with Crippen LogP contribution in [0.2, 0.25) is 0 Å². The van der Waals surface area contributed by atoms with Crippen LogP contribution in [0.3, 0.4) is 0 Å². The number of nitrogens with zero attached hydrogens (tertiary/aromatic N) is 3. The molecule has 6 heteroatoms. The van der Waals surface area contributed by atoms with Crippen molar-refractivity contribution in [3.05, 3.63) is 11.7 Å². The van der Waals surface area contributed by atoms with Crippen molar-refractivity contribution in [2.45, 2.75) is 38.2 Å². The fraction of sp³-hybridized carbons (Fsp3) is 0.769. The second-order valence-electron chi connectivity index (χ2n) is 5.38. The minimum atomic E-state index is 0.200. The normalized spacial score (nSPS) is 23.6. The van der Waals surface area contributed by atoms with E-state index in [1.54, 1.807) is 7.11 Å². The van der Waals surface area contributed by atoms with E-state index in [0.717, 1.165) is 38.8 Å². The average molecular weight is 265 g/mol. The summed E-state index contributed by atoms with van der Waals surface area (Å²) in [7, 11) is 1.60. The number of amides is 1. The topological polar surface area (TPSA) is 68.5 Å². The van der Waals surface area contributed by atoms with Crippen LogP contribution in [0.4, 0.5) is 0 Å².